The number of morpholine rings is 1. The average Bonchev–Trinajstić information content (AvgIpc) is 4.08. The highest BCUT2D eigenvalue weighted by atomic mass is 16.7. The highest BCUT2D eigenvalue weighted by molar-refractivity contribution is 6.24. The van der Waals surface area contributed by atoms with Gasteiger partial charge in [-0.3, -0.25) is 24.2 Å². The van der Waals surface area contributed by atoms with E-state index < -0.39 is 59.5 Å². The Morgan fingerprint density at radius 3 is 2.11 bits per heavy atom. The van der Waals surface area contributed by atoms with E-state index in [2.05, 4.69) is 10.2 Å². The molecule has 0 aromatic heterocycles. The zero-order chi connectivity index (χ0) is 47.9. The predicted octanol–water partition coefficient (Wildman–Crippen LogP) is 7.27. The number of urea groups is 1. The first-order valence-corrected chi connectivity index (χ1v) is 23.9. The van der Waals surface area contributed by atoms with E-state index >= 15 is 14.4 Å². The van der Waals surface area contributed by atoms with Gasteiger partial charge in [0.2, 0.25) is 18.6 Å². The largest absolute Gasteiger partial charge is 0.491 e. The van der Waals surface area contributed by atoms with Gasteiger partial charge in [0.05, 0.1) is 36.3 Å². The summed E-state index contributed by atoms with van der Waals surface area (Å²) >= 11 is 0. The van der Waals surface area contributed by atoms with E-state index in [1.165, 1.54) is 4.90 Å². The lowest BCUT2D eigenvalue weighted by molar-refractivity contribution is -0.179. The molecule has 6 aromatic carbocycles. The molecule has 1 spiro atoms. The molecule has 0 bridgehead atoms. The summed E-state index contributed by atoms with van der Waals surface area (Å²) in [6.45, 7) is 4.23. The molecule has 2 N–H and O–H groups in total. The van der Waals surface area contributed by atoms with E-state index in [0.29, 0.717) is 66.8 Å². The van der Waals surface area contributed by atoms with E-state index in [9.17, 15) is 9.90 Å². The highest BCUT2D eigenvalue weighted by Gasteiger charge is 2.76. The molecule has 0 aliphatic carbocycles. The van der Waals surface area contributed by atoms with E-state index in [4.69, 9.17) is 18.9 Å². The number of esters is 1. The molecule has 6 aromatic rings. The van der Waals surface area contributed by atoms with Crippen LogP contribution in [0, 0.1) is 5.92 Å². The number of piperazine rings is 1. The molecular formula is C56H53N5O9. The second-order valence-corrected chi connectivity index (χ2v) is 18.4. The number of hydrogen-bond acceptors (Lipinski definition) is 11. The van der Waals surface area contributed by atoms with Crippen molar-refractivity contribution >= 4 is 29.5 Å². The molecule has 3 saturated heterocycles. The third-order valence-corrected chi connectivity index (χ3v) is 14.6. The van der Waals surface area contributed by atoms with E-state index in [1.54, 1.807) is 29.2 Å². The third-order valence-electron chi connectivity index (χ3n) is 14.6. The van der Waals surface area contributed by atoms with Crippen LogP contribution in [0.4, 0.5) is 10.5 Å². The van der Waals surface area contributed by atoms with Crippen molar-refractivity contribution in [3.05, 3.63) is 191 Å². The number of hydrogen-bond donors (Lipinski definition) is 2. The number of anilines is 1. The van der Waals surface area contributed by atoms with Crippen molar-refractivity contribution in [2.75, 3.05) is 51.1 Å². The minimum atomic E-state index is -1.86. The van der Waals surface area contributed by atoms with Gasteiger partial charge < -0.3 is 34.3 Å². The second-order valence-electron chi connectivity index (χ2n) is 18.4. The number of benzene rings is 6. The number of aliphatic hydroxyl groups excluding tert-OH is 1. The number of aliphatic hydroxyl groups is 1. The highest BCUT2D eigenvalue weighted by Crippen LogP contribution is 2.66. The Bertz CT molecular complexity index is 2900. The monoisotopic (exact) mass is 939 g/mol. The average molecular weight is 940 g/mol. The number of nitrogens with zero attached hydrogens (tertiary/aromatic N) is 4. The maximum Gasteiger partial charge on any atom is 0.329 e. The molecule has 11 rings (SSSR count). The first-order chi connectivity index (χ1) is 34.3. The van der Waals surface area contributed by atoms with Crippen LogP contribution in [0.15, 0.2) is 158 Å². The Morgan fingerprint density at radius 1 is 0.743 bits per heavy atom. The van der Waals surface area contributed by atoms with Crippen LogP contribution in [-0.4, -0.2) is 95.8 Å². The van der Waals surface area contributed by atoms with Crippen LogP contribution in [0.2, 0.25) is 0 Å². The summed E-state index contributed by atoms with van der Waals surface area (Å²) in [6.07, 6.45) is -0.856. The number of imide groups is 1. The maximum atomic E-state index is 16.6. The minimum Gasteiger partial charge on any atom is -0.491 e. The fourth-order valence-electron chi connectivity index (χ4n) is 11.4. The third kappa shape index (κ3) is 7.72. The van der Waals surface area contributed by atoms with Gasteiger partial charge in [-0.05, 0) is 70.6 Å². The van der Waals surface area contributed by atoms with Crippen molar-refractivity contribution in [3.8, 4) is 17.2 Å². The normalized spacial score (nSPS) is 24.2. The van der Waals surface area contributed by atoms with Gasteiger partial charge in [0.15, 0.2) is 11.5 Å². The summed E-state index contributed by atoms with van der Waals surface area (Å²) in [5.74, 6) is -1.12. The van der Waals surface area contributed by atoms with Crippen LogP contribution in [0.25, 0.3) is 0 Å². The Hall–Kier alpha value is -7.52. The molecule has 14 nitrogen and oxygen atoms in total. The van der Waals surface area contributed by atoms with Gasteiger partial charge in [0.1, 0.15) is 29.9 Å². The topological polar surface area (TPSA) is 150 Å². The first-order valence-electron chi connectivity index (χ1n) is 23.9. The molecule has 5 aliphatic rings. The quantitative estimate of drug-likeness (QED) is 0.126. The van der Waals surface area contributed by atoms with Crippen molar-refractivity contribution in [1.82, 2.24) is 20.0 Å². The fraction of sp³-hybridized carbons (Fsp3) is 0.286. The molecule has 14 heteroatoms. The van der Waals surface area contributed by atoms with Gasteiger partial charge in [-0.15, -0.1) is 0 Å². The van der Waals surface area contributed by atoms with E-state index in [0.717, 1.165) is 22.3 Å². The van der Waals surface area contributed by atoms with E-state index in [-0.39, 0.29) is 25.9 Å². The summed E-state index contributed by atoms with van der Waals surface area (Å²) in [6, 6.07) is 44.9. The van der Waals surface area contributed by atoms with Crippen LogP contribution in [0.3, 0.4) is 0 Å². The maximum absolute atomic E-state index is 16.6. The zero-order valence-electron chi connectivity index (χ0n) is 38.6. The summed E-state index contributed by atoms with van der Waals surface area (Å²) in [5, 5.41) is 12.7. The lowest BCUT2D eigenvalue weighted by atomic mass is 9.65. The molecule has 0 saturated carbocycles. The number of nitrogens with one attached hydrogen (secondary N) is 1. The Balaban J connectivity index is 1.07. The molecule has 0 radical (unpaired) electrons. The molecule has 5 aliphatic heterocycles. The number of amides is 4. The number of carbonyl (C=O) groups excluding carboxylic acids is 4. The molecule has 356 valence electrons. The van der Waals surface area contributed by atoms with Crippen molar-refractivity contribution in [3.63, 3.8) is 0 Å². The van der Waals surface area contributed by atoms with Crippen LogP contribution < -0.4 is 24.4 Å². The van der Waals surface area contributed by atoms with Gasteiger partial charge in [-0.25, -0.2) is 9.69 Å². The first kappa shape index (κ1) is 45.0. The molecule has 4 amide bonds. The van der Waals surface area contributed by atoms with Crippen molar-refractivity contribution < 1.29 is 43.2 Å². The SMILES string of the molecule is C[C@@H](NC(=O)N1C(=O)[C@@]2(c3ccccc31)[C@H](C(=O)N1CCN(Cc3ccc4c(c3)OCO4)CC1)[C@H]1C(=O)O[C@H](c3ccccc3)[C@H](c3ccccc3)N1[C@@H]2c1ccc(OCCO)cc1)c1ccccc1. The minimum absolute atomic E-state index is 0.0689. The molecule has 70 heavy (non-hydrogen) atoms. The standard InChI is InChI=1S/C56H53N5O9/c1-36(38-13-5-2-6-14-38)57-55(66)60-44-20-12-11-19-43(44)56(54(60)65)47(52(63)59-29-27-58(28-30-59)34-37-21-26-45-46(33-37)69-35-68-45)49-53(64)70-50(40-17-9-4-10-18-40)48(39-15-7-3-8-16-39)61(49)51(56)41-22-24-42(25-23-41)67-32-31-62/h2-26,33,36,47-51,62H,27-32,34-35H2,1H3,(H,57,66)/t36-,47+,48+,49+,50-,51-,56+/m1/s1. The predicted molar refractivity (Wildman–Crippen MR) is 259 cm³/mol. The fourth-order valence-corrected chi connectivity index (χ4v) is 11.4. The van der Waals surface area contributed by atoms with Crippen LogP contribution >= 0.6 is 0 Å². The Morgan fingerprint density at radius 2 is 1.40 bits per heavy atom. The Kier molecular flexibility index (Phi) is 12.0. The molecule has 3 fully saturated rings. The lowest BCUT2D eigenvalue weighted by Gasteiger charge is -2.46. The van der Waals surface area contributed by atoms with Crippen molar-refractivity contribution in [2.45, 2.75) is 49.2 Å². The van der Waals surface area contributed by atoms with Crippen molar-refractivity contribution in [1.29, 1.82) is 0 Å². The Labute approximate surface area is 405 Å². The molecular weight excluding hydrogens is 887 g/mol. The lowest BCUT2D eigenvalue weighted by Crippen LogP contribution is -2.59. The number of rotatable bonds is 11. The van der Waals surface area contributed by atoms with Crippen molar-refractivity contribution in [2.24, 2.45) is 5.92 Å². The zero-order valence-corrected chi connectivity index (χ0v) is 38.6. The summed E-state index contributed by atoms with van der Waals surface area (Å²) in [7, 11) is 0. The number of ether oxygens (including phenoxy) is 4. The second kappa shape index (κ2) is 18.8. The number of carbonyl (C=O) groups is 4. The van der Waals surface area contributed by atoms with Gasteiger partial charge >= 0.3 is 12.0 Å². The summed E-state index contributed by atoms with van der Waals surface area (Å²) < 4.78 is 23.7. The summed E-state index contributed by atoms with van der Waals surface area (Å²) in [5.41, 5.74) is 2.99. The number of cyclic esters (lactones) is 1. The van der Waals surface area contributed by atoms with Crippen LogP contribution in [-0.2, 0) is 31.1 Å². The van der Waals surface area contributed by atoms with E-state index in [1.807, 2.05) is 145 Å². The van der Waals surface area contributed by atoms with Gasteiger partial charge in [0.25, 0.3) is 0 Å². The molecule has 5 heterocycles. The van der Waals surface area contributed by atoms with Crippen LogP contribution in [0.1, 0.15) is 64.5 Å². The molecule has 7 atom stereocenters. The molecule has 0 unspecified atom stereocenters. The number of fused-ring (bicyclic) bond motifs is 4. The van der Waals surface area contributed by atoms with Crippen LogP contribution in [0.5, 0.6) is 17.2 Å². The van der Waals surface area contributed by atoms with Gasteiger partial charge in [-0.2, -0.15) is 0 Å². The number of para-hydroxylation sites is 1. The smallest absolute Gasteiger partial charge is 0.329 e. The summed E-state index contributed by atoms with van der Waals surface area (Å²) in [4.78, 5) is 70.5. The van der Waals surface area contributed by atoms with Gasteiger partial charge in [0, 0.05) is 32.7 Å². The van der Waals surface area contributed by atoms with Gasteiger partial charge in [-0.1, -0.05) is 127 Å².